The monoisotopic (exact) mass is 526 g/mol. The second-order valence-electron chi connectivity index (χ2n) is 9.29. The zero-order valence-corrected chi connectivity index (χ0v) is 22.7. The number of phenolic OH excluding ortho intramolecular Hbond substituents is 2. The smallest absolute Gasteiger partial charge is 0.340 e. The summed E-state index contributed by atoms with van der Waals surface area (Å²) < 4.78 is 10.9. The van der Waals surface area contributed by atoms with Crippen LogP contribution in [0.25, 0.3) is 0 Å². The van der Waals surface area contributed by atoms with Crippen molar-refractivity contribution >= 4 is 23.5 Å². The Morgan fingerprint density at radius 1 is 0.737 bits per heavy atom. The summed E-state index contributed by atoms with van der Waals surface area (Å²) >= 11 is 0. The minimum absolute atomic E-state index is 0.00351. The second-order valence-corrected chi connectivity index (χ2v) is 9.29. The molecule has 2 aromatic rings. The van der Waals surface area contributed by atoms with Gasteiger partial charge in [0.2, 0.25) is 5.75 Å². The summed E-state index contributed by atoms with van der Waals surface area (Å²) in [5, 5.41) is 21.7. The molecule has 0 aliphatic heterocycles. The molecule has 206 valence electrons. The molecule has 0 amide bonds. The van der Waals surface area contributed by atoms with E-state index in [1.807, 2.05) is 39.8 Å². The van der Waals surface area contributed by atoms with Gasteiger partial charge in [-0.1, -0.05) is 64.3 Å². The Labute approximate surface area is 224 Å². The van der Waals surface area contributed by atoms with Gasteiger partial charge < -0.3 is 19.7 Å². The molecule has 2 aromatic carbocycles. The molecule has 0 atom stereocenters. The van der Waals surface area contributed by atoms with E-state index in [0.717, 1.165) is 5.56 Å². The van der Waals surface area contributed by atoms with E-state index in [1.54, 1.807) is 12.1 Å². The molecule has 0 radical (unpaired) electrons. The predicted molar refractivity (Wildman–Crippen MR) is 143 cm³/mol. The van der Waals surface area contributed by atoms with E-state index in [0.29, 0.717) is 44.1 Å². The molecule has 0 saturated heterocycles. The van der Waals surface area contributed by atoms with Crippen molar-refractivity contribution in [1.29, 1.82) is 0 Å². The summed E-state index contributed by atoms with van der Waals surface area (Å²) in [4.78, 5) is 52.7. The van der Waals surface area contributed by atoms with Gasteiger partial charge >= 0.3 is 11.9 Å². The van der Waals surface area contributed by atoms with Crippen LogP contribution in [-0.4, -0.2) is 33.7 Å². The number of carbonyl (C=O) groups is 4. The summed E-state index contributed by atoms with van der Waals surface area (Å²) in [6, 6.07) is 7.25. The highest BCUT2D eigenvalue weighted by Gasteiger charge is 2.36. The lowest BCUT2D eigenvalue weighted by atomic mass is 9.90. The Hall–Kier alpha value is -3.68. The number of esters is 2. The van der Waals surface area contributed by atoms with Crippen LogP contribution in [0.2, 0.25) is 0 Å². The second kappa shape index (κ2) is 14.9. The molecule has 0 aliphatic rings. The standard InChI is InChI=1S/C30H38O8/c1-5-8-15-21(31)24-26(30(36)37-18-20-14-12-11-13-19(20)4)25(22(32)16-9-6-2)29(28(35)27(24)34)38-23(33)17-10-7-3/h11-14,34-35H,5-10,15-18H2,1-4H3. The first-order valence-corrected chi connectivity index (χ1v) is 13.3. The average molecular weight is 527 g/mol. The van der Waals surface area contributed by atoms with Crippen LogP contribution in [0.1, 0.15) is 121 Å². The number of aromatic hydroxyl groups is 2. The summed E-state index contributed by atoms with van der Waals surface area (Å²) in [5.74, 6) is -5.47. The van der Waals surface area contributed by atoms with Gasteiger partial charge in [0, 0.05) is 19.3 Å². The van der Waals surface area contributed by atoms with Gasteiger partial charge in [0.15, 0.2) is 23.1 Å². The summed E-state index contributed by atoms with van der Waals surface area (Å²) in [7, 11) is 0. The Morgan fingerprint density at radius 2 is 1.29 bits per heavy atom. The van der Waals surface area contributed by atoms with Crippen molar-refractivity contribution in [2.24, 2.45) is 0 Å². The van der Waals surface area contributed by atoms with Gasteiger partial charge in [-0.05, 0) is 37.3 Å². The third kappa shape index (κ3) is 7.66. The minimum atomic E-state index is -1.03. The number of hydrogen-bond donors (Lipinski definition) is 2. The number of Topliss-reactive ketones (excluding diaryl/α,β-unsaturated/α-hetero) is 2. The summed E-state index contributed by atoms with van der Waals surface area (Å²) in [6.45, 7) is 7.34. The van der Waals surface area contributed by atoms with E-state index < -0.39 is 57.4 Å². The topological polar surface area (TPSA) is 127 Å². The van der Waals surface area contributed by atoms with Gasteiger partial charge in [-0.25, -0.2) is 4.79 Å². The maximum atomic E-state index is 13.5. The van der Waals surface area contributed by atoms with Crippen molar-refractivity contribution in [1.82, 2.24) is 0 Å². The Morgan fingerprint density at radius 3 is 1.87 bits per heavy atom. The molecule has 0 aliphatic carbocycles. The molecule has 0 heterocycles. The van der Waals surface area contributed by atoms with Crippen molar-refractivity contribution in [2.75, 3.05) is 0 Å². The van der Waals surface area contributed by atoms with E-state index in [9.17, 15) is 29.4 Å². The third-order valence-corrected chi connectivity index (χ3v) is 6.25. The average Bonchev–Trinajstić information content (AvgIpc) is 2.90. The number of benzene rings is 2. The van der Waals surface area contributed by atoms with Gasteiger partial charge in [-0.2, -0.15) is 0 Å². The molecular formula is C30H38O8. The van der Waals surface area contributed by atoms with Crippen molar-refractivity contribution in [3.05, 3.63) is 52.1 Å². The largest absolute Gasteiger partial charge is 0.504 e. The third-order valence-electron chi connectivity index (χ3n) is 6.25. The number of aryl methyl sites for hydroxylation is 1. The van der Waals surface area contributed by atoms with Crippen molar-refractivity contribution in [2.45, 2.75) is 92.1 Å². The van der Waals surface area contributed by atoms with Gasteiger partial charge in [-0.15, -0.1) is 0 Å². The predicted octanol–water partition coefficient (Wildman–Crippen LogP) is 6.60. The fourth-order valence-electron chi connectivity index (χ4n) is 3.94. The lowest BCUT2D eigenvalue weighted by Gasteiger charge is -2.20. The van der Waals surface area contributed by atoms with Crippen molar-refractivity contribution < 1.29 is 38.9 Å². The first kappa shape index (κ1) is 30.5. The zero-order chi connectivity index (χ0) is 28.2. The van der Waals surface area contributed by atoms with E-state index in [-0.39, 0.29) is 25.9 Å². The number of carbonyl (C=O) groups excluding carboxylic acids is 4. The summed E-state index contributed by atoms with van der Waals surface area (Å²) in [5.41, 5.74) is 0.173. The molecule has 8 heteroatoms. The van der Waals surface area contributed by atoms with Crippen molar-refractivity contribution in [3.8, 4) is 17.2 Å². The Kier molecular flexibility index (Phi) is 12.0. The number of hydrogen-bond acceptors (Lipinski definition) is 8. The molecule has 0 unspecified atom stereocenters. The highest BCUT2D eigenvalue weighted by molar-refractivity contribution is 6.17. The molecule has 38 heavy (non-hydrogen) atoms. The van der Waals surface area contributed by atoms with Gasteiger partial charge in [0.05, 0.1) is 16.7 Å². The maximum Gasteiger partial charge on any atom is 0.340 e. The van der Waals surface area contributed by atoms with E-state index in [2.05, 4.69) is 0 Å². The van der Waals surface area contributed by atoms with Gasteiger partial charge in [0.1, 0.15) is 6.61 Å². The van der Waals surface area contributed by atoms with Crippen LogP contribution >= 0.6 is 0 Å². The van der Waals surface area contributed by atoms with Crippen LogP contribution < -0.4 is 4.74 Å². The lowest BCUT2D eigenvalue weighted by molar-refractivity contribution is -0.134. The highest BCUT2D eigenvalue weighted by atomic mass is 16.5. The number of phenols is 2. The van der Waals surface area contributed by atoms with Crippen molar-refractivity contribution in [3.63, 3.8) is 0 Å². The fraction of sp³-hybridized carbons (Fsp3) is 0.467. The van der Waals surface area contributed by atoms with Crippen LogP contribution in [-0.2, 0) is 16.1 Å². The first-order chi connectivity index (χ1) is 18.2. The molecule has 0 aromatic heterocycles. The highest BCUT2D eigenvalue weighted by Crippen LogP contribution is 2.46. The molecule has 0 bridgehead atoms. The Balaban J connectivity index is 2.74. The van der Waals surface area contributed by atoms with E-state index in [1.165, 1.54) is 0 Å². The molecule has 2 N–H and O–H groups in total. The molecular weight excluding hydrogens is 488 g/mol. The number of unbranched alkanes of at least 4 members (excludes halogenated alkanes) is 3. The quantitative estimate of drug-likeness (QED) is 0.115. The molecule has 0 fully saturated rings. The molecule has 0 spiro atoms. The summed E-state index contributed by atoms with van der Waals surface area (Å²) in [6.07, 6.45) is 3.41. The van der Waals surface area contributed by atoms with Crippen LogP contribution in [0.4, 0.5) is 0 Å². The lowest BCUT2D eigenvalue weighted by Crippen LogP contribution is -2.21. The maximum absolute atomic E-state index is 13.5. The molecule has 8 nitrogen and oxygen atoms in total. The fourth-order valence-corrected chi connectivity index (χ4v) is 3.94. The molecule has 0 saturated carbocycles. The van der Waals surface area contributed by atoms with Crippen LogP contribution in [0.5, 0.6) is 17.2 Å². The van der Waals surface area contributed by atoms with Crippen LogP contribution in [0.15, 0.2) is 24.3 Å². The Bertz CT molecular complexity index is 1170. The van der Waals surface area contributed by atoms with Gasteiger partial charge in [-0.3, -0.25) is 14.4 Å². The number of ketones is 2. The molecule has 2 rings (SSSR count). The number of rotatable bonds is 15. The zero-order valence-electron chi connectivity index (χ0n) is 22.7. The van der Waals surface area contributed by atoms with E-state index >= 15 is 0 Å². The normalized spacial score (nSPS) is 10.7. The van der Waals surface area contributed by atoms with Gasteiger partial charge in [0.25, 0.3) is 0 Å². The number of ether oxygens (including phenoxy) is 2. The van der Waals surface area contributed by atoms with E-state index in [4.69, 9.17) is 9.47 Å². The first-order valence-electron chi connectivity index (χ1n) is 13.3. The SMILES string of the molecule is CCCCC(=O)Oc1c(O)c(O)c(C(=O)CCCC)c(C(=O)OCc2ccccc2C)c1C(=O)CCCC. The minimum Gasteiger partial charge on any atom is -0.504 e. The van der Waals surface area contributed by atoms with Crippen LogP contribution in [0, 0.1) is 6.92 Å². The van der Waals surface area contributed by atoms with Crippen LogP contribution in [0.3, 0.4) is 0 Å².